The highest BCUT2D eigenvalue weighted by atomic mass is 35.5. The fraction of sp³-hybridized carbons (Fsp3) is 0.125. The molecule has 3 aromatic carbocycles. The van der Waals surface area contributed by atoms with E-state index < -0.39 is 29.2 Å². The summed E-state index contributed by atoms with van der Waals surface area (Å²) in [4.78, 5) is 48.1. The molecule has 3 aromatic rings. The summed E-state index contributed by atoms with van der Waals surface area (Å²) < 4.78 is 16.0. The second-order valence-electron chi connectivity index (χ2n) is 7.28. The van der Waals surface area contributed by atoms with E-state index in [0.29, 0.717) is 24.7 Å². The average Bonchev–Trinajstić information content (AvgIpc) is 2.86. The Morgan fingerprint density at radius 3 is 2.46 bits per heavy atom. The number of carbonyl (C=O) groups is 3. The number of hydrogen-bond acceptors (Lipinski definition) is 8. The van der Waals surface area contributed by atoms with Crippen LogP contribution < -0.4 is 14.8 Å². The highest BCUT2D eigenvalue weighted by molar-refractivity contribution is 6.34. The molecule has 0 radical (unpaired) electrons. The van der Waals surface area contributed by atoms with E-state index in [9.17, 15) is 24.5 Å². The number of nitro groups is 1. The predicted molar refractivity (Wildman–Crippen MR) is 125 cm³/mol. The van der Waals surface area contributed by atoms with Crippen LogP contribution in [0.5, 0.6) is 11.5 Å². The number of nitrogens with zero attached hydrogens (tertiary/aromatic N) is 1. The summed E-state index contributed by atoms with van der Waals surface area (Å²) >= 11 is 6.01. The topological polar surface area (TPSA) is 134 Å². The molecular weight excluding hydrogens is 480 g/mol. The summed E-state index contributed by atoms with van der Waals surface area (Å²) in [6, 6.07) is 14.1. The minimum atomic E-state index is -0.832. The quantitative estimate of drug-likeness (QED) is 0.221. The first-order valence-corrected chi connectivity index (χ1v) is 10.7. The number of fused-ring (bicyclic) bond motifs is 1. The summed E-state index contributed by atoms with van der Waals surface area (Å²) in [5, 5.41) is 13.3. The van der Waals surface area contributed by atoms with Crippen LogP contribution >= 0.6 is 11.6 Å². The van der Waals surface area contributed by atoms with Crippen molar-refractivity contribution in [2.24, 2.45) is 0 Å². The lowest BCUT2D eigenvalue weighted by Crippen LogP contribution is -2.19. The molecule has 0 unspecified atom stereocenters. The van der Waals surface area contributed by atoms with Crippen LogP contribution in [0.2, 0.25) is 5.02 Å². The fourth-order valence-electron chi connectivity index (χ4n) is 3.27. The number of nitro benzene ring substituents is 1. The van der Waals surface area contributed by atoms with Crippen LogP contribution in [-0.2, 0) is 4.74 Å². The number of para-hydroxylation sites is 1. The molecule has 0 saturated heterocycles. The maximum atomic E-state index is 12.7. The van der Waals surface area contributed by atoms with Gasteiger partial charge in [0.15, 0.2) is 23.9 Å². The van der Waals surface area contributed by atoms with Gasteiger partial charge in [-0.1, -0.05) is 23.7 Å². The van der Waals surface area contributed by atoms with Crippen molar-refractivity contribution in [1.82, 2.24) is 0 Å². The highest BCUT2D eigenvalue weighted by Crippen LogP contribution is 2.31. The smallest absolute Gasteiger partial charge is 0.340 e. The molecule has 0 saturated carbocycles. The molecule has 11 heteroatoms. The molecule has 1 aliphatic heterocycles. The van der Waals surface area contributed by atoms with Crippen LogP contribution in [0.3, 0.4) is 0 Å². The third-order valence-corrected chi connectivity index (χ3v) is 5.31. The molecule has 35 heavy (non-hydrogen) atoms. The van der Waals surface area contributed by atoms with Gasteiger partial charge in [0.05, 0.1) is 26.8 Å². The largest absolute Gasteiger partial charge is 0.486 e. The van der Waals surface area contributed by atoms with Gasteiger partial charge in [0, 0.05) is 17.7 Å². The van der Waals surface area contributed by atoms with Gasteiger partial charge >= 0.3 is 5.97 Å². The lowest BCUT2D eigenvalue weighted by Gasteiger charge is -2.18. The second kappa shape index (κ2) is 10.2. The van der Waals surface area contributed by atoms with Crippen molar-refractivity contribution in [3.63, 3.8) is 0 Å². The Hall–Kier alpha value is -4.44. The molecule has 0 atom stereocenters. The number of non-ortho nitro benzene ring substituents is 1. The van der Waals surface area contributed by atoms with E-state index >= 15 is 0 Å². The summed E-state index contributed by atoms with van der Waals surface area (Å²) in [5.74, 6) is -0.998. The number of benzene rings is 3. The van der Waals surface area contributed by atoms with E-state index in [1.54, 1.807) is 24.3 Å². The van der Waals surface area contributed by atoms with Crippen molar-refractivity contribution in [2.75, 3.05) is 25.1 Å². The standard InChI is InChI=1S/C24H17ClN2O8/c25-18-12-15(27(31)32)6-7-16(18)23(29)26-19-4-2-1-3-17(19)24(30)35-13-20(28)14-5-8-21-22(11-14)34-10-9-33-21/h1-8,11-12H,9-10,13H2,(H,26,29). The SMILES string of the molecule is O=C(COC(=O)c1ccccc1NC(=O)c1ccc([N+](=O)[O-])cc1Cl)c1ccc2c(c1)OCCO2. The van der Waals surface area contributed by atoms with Gasteiger partial charge in [-0.15, -0.1) is 0 Å². The average molecular weight is 497 g/mol. The van der Waals surface area contributed by atoms with Crippen molar-refractivity contribution >= 4 is 40.6 Å². The Morgan fingerprint density at radius 2 is 1.71 bits per heavy atom. The molecule has 1 heterocycles. The maximum Gasteiger partial charge on any atom is 0.340 e. The molecule has 10 nitrogen and oxygen atoms in total. The molecule has 1 amide bonds. The Bertz CT molecular complexity index is 1340. The molecule has 0 spiro atoms. The number of hydrogen-bond donors (Lipinski definition) is 1. The number of esters is 1. The molecule has 0 fully saturated rings. The van der Waals surface area contributed by atoms with E-state index in [0.717, 1.165) is 12.1 Å². The molecule has 0 bridgehead atoms. The lowest BCUT2D eigenvalue weighted by molar-refractivity contribution is -0.384. The number of amides is 1. The Labute approximate surface area is 203 Å². The molecule has 1 N–H and O–H groups in total. The first-order chi connectivity index (χ1) is 16.8. The number of anilines is 1. The Morgan fingerprint density at radius 1 is 0.971 bits per heavy atom. The van der Waals surface area contributed by atoms with Crippen molar-refractivity contribution in [1.29, 1.82) is 0 Å². The second-order valence-corrected chi connectivity index (χ2v) is 7.69. The van der Waals surface area contributed by atoms with Crippen molar-refractivity contribution in [3.05, 3.63) is 92.5 Å². The van der Waals surface area contributed by atoms with Crippen molar-refractivity contribution in [2.45, 2.75) is 0 Å². The molecule has 178 valence electrons. The van der Waals surface area contributed by atoms with Gasteiger partial charge in [-0.05, 0) is 36.4 Å². The number of nitrogens with one attached hydrogen (secondary N) is 1. The number of halogens is 1. The first-order valence-electron chi connectivity index (χ1n) is 10.3. The van der Waals surface area contributed by atoms with Crippen LogP contribution in [0.25, 0.3) is 0 Å². The monoisotopic (exact) mass is 496 g/mol. The number of ether oxygens (including phenoxy) is 3. The van der Waals surface area contributed by atoms with E-state index in [1.165, 1.54) is 24.3 Å². The Kier molecular flexibility index (Phi) is 6.93. The van der Waals surface area contributed by atoms with Crippen LogP contribution in [-0.4, -0.2) is 42.4 Å². The fourth-order valence-corrected chi connectivity index (χ4v) is 3.53. The minimum Gasteiger partial charge on any atom is -0.486 e. The first kappa shape index (κ1) is 23.7. The lowest BCUT2D eigenvalue weighted by atomic mass is 10.1. The zero-order valence-corrected chi connectivity index (χ0v) is 18.7. The van der Waals surface area contributed by atoms with Gasteiger partial charge in [0.2, 0.25) is 0 Å². The van der Waals surface area contributed by atoms with Crippen LogP contribution in [0, 0.1) is 10.1 Å². The Balaban J connectivity index is 1.44. The van der Waals surface area contributed by atoms with Crippen molar-refractivity contribution < 1.29 is 33.5 Å². The zero-order valence-electron chi connectivity index (χ0n) is 18.0. The van der Waals surface area contributed by atoms with E-state index in [-0.39, 0.29) is 33.1 Å². The van der Waals surface area contributed by atoms with E-state index in [1.807, 2.05) is 0 Å². The summed E-state index contributed by atoms with van der Waals surface area (Å²) in [6.45, 7) is 0.256. The van der Waals surface area contributed by atoms with Gasteiger partial charge in [0.1, 0.15) is 13.2 Å². The summed E-state index contributed by atoms with van der Waals surface area (Å²) in [6.07, 6.45) is 0. The molecular formula is C24H17ClN2O8. The summed E-state index contributed by atoms with van der Waals surface area (Å²) in [5.41, 5.74) is 0.126. The highest BCUT2D eigenvalue weighted by Gasteiger charge is 2.20. The van der Waals surface area contributed by atoms with E-state index in [4.69, 9.17) is 25.8 Å². The van der Waals surface area contributed by atoms with E-state index in [2.05, 4.69) is 5.32 Å². The number of Topliss-reactive ketones (excluding diaryl/α,β-unsaturated/α-hetero) is 1. The zero-order chi connectivity index (χ0) is 24.9. The van der Waals surface area contributed by atoms with Gasteiger partial charge in [-0.25, -0.2) is 4.79 Å². The van der Waals surface area contributed by atoms with Crippen LogP contribution in [0.15, 0.2) is 60.7 Å². The van der Waals surface area contributed by atoms with Crippen LogP contribution in [0.1, 0.15) is 31.1 Å². The number of ketones is 1. The van der Waals surface area contributed by atoms with Gasteiger partial charge in [-0.2, -0.15) is 0 Å². The third kappa shape index (κ3) is 5.39. The number of carbonyl (C=O) groups excluding carboxylic acids is 3. The van der Waals surface area contributed by atoms with Gasteiger partial charge in [-0.3, -0.25) is 19.7 Å². The third-order valence-electron chi connectivity index (χ3n) is 5.00. The molecule has 4 rings (SSSR count). The van der Waals surface area contributed by atoms with Crippen LogP contribution in [0.4, 0.5) is 11.4 Å². The minimum absolute atomic E-state index is 0.00820. The normalized spacial score (nSPS) is 11.9. The predicted octanol–water partition coefficient (Wildman–Crippen LogP) is 4.31. The van der Waals surface area contributed by atoms with Gasteiger partial charge < -0.3 is 19.5 Å². The number of rotatable bonds is 7. The van der Waals surface area contributed by atoms with Crippen molar-refractivity contribution in [3.8, 4) is 11.5 Å². The summed E-state index contributed by atoms with van der Waals surface area (Å²) in [7, 11) is 0. The maximum absolute atomic E-state index is 12.7. The molecule has 0 aliphatic carbocycles. The molecule has 1 aliphatic rings. The van der Waals surface area contributed by atoms with Gasteiger partial charge in [0.25, 0.3) is 11.6 Å². The molecule has 0 aromatic heterocycles.